The molecule has 5 heteroatoms. The van der Waals surface area contributed by atoms with Crippen LogP contribution in [0.4, 0.5) is 0 Å². The van der Waals surface area contributed by atoms with Gasteiger partial charge in [-0.2, -0.15) is 0 Å². The van der Waals surface area contributed by atoms with E-state index >= 15 is 0 Å². The van der Waals surface area contributed by atoms with Crippen LogP contribution in [0.25, 0.3) is 0 Å². The SMILES string of the molecule is COc1ccc(CN2CC[C@H]3[C@H]2CC(=O)N3Cc2ccncc2)cc1. The molecule has 0 bridgehead atoms. The Bertz CT molecular complexity index is 732. The van der Waals surface area contributed by atoms with Crippen molar-refractivity contribution in [2.45, 2.75) is 38.0 Å². The first-order valence-electron chi connectivity index (χ1n) is 8.80. The Hall–Kier alpha value is -2.40. The van der Waals surface area contributed by atoms with Gasteiger partial charge in [-0.15, -0.1) is 0 Å². The summed E-state index contributed by atoms with van der Waals surface area (Å²) in [5.74, 6) is 1.15. The number of amides is 1. The topological polar surface area (TPSA) is 45.7 Å². The fourth-order valence-electron chi connectivity index (χ4n) is 4.06. The van der Waals surface area contributed by atoms with Gasteiger partial charge in [0, 0.05) is 50.5 Å². The standard InChI is InChI=1S/C20H23N3O2/c1-25-17-4-2-15(3-5-17)13-22-11-8-18-19(22)12-20(24)23(18)14-16-6-9-21-10-7-16/h2-7,9-10,18-19H,8,11-14H2,1H3/t18-,19+/m0/s1. The summed E-state index contributed by atoms with van der Waals surface area (Å²) in [6, 6.07) is 12.9. The second kappa shape index (κ2) is 6.84. The molecule has 5 nitrogen and oxygen atoms in total. The Kier molecular flexibility index (Phi) is 4.40. The summed E-state index contributed by atoms with van der Waals surface area (Å²) in [5.41, 5.74) is 2.42. The van der Waals surface area contributed by atoms with Gasteiger partial charge >= 0.3 is 0 Å². The van der Waals surface area contributed by atoms with Crippen LogP contribution >= 0.6 is 0 Å². The van der Waals surface area contributed by atoms with E-state index in [1.54, 1.807) is 19.5 Å². The Labute approximate surface area is 148 Å². The zero-order chi connectivity index (χ0) is 17.2. The van der Waals surface area contributed by atoms with Gasteiger partial charge in [-0.25, -0.2) is 0 Å². The van der Waals surface area contributed by atoms with E-state index in [-0.39, 0.29) is 5.91 Å². The smallest absolute Gasteiger partial charge is 0.224 e. The largest absolute Gasteiger partial charge is 0.497 e. The number of carbonyl (C=O) groups excluding carboxylic acids is 1. The van der Waals surface area contributed by atoms with Crippen LogP contribution in [0.3, 0.4) is 0 Å². The number of methoxy groups -OCH3 is 1. The van der Waals surface area contributed by atoms with Gasteiger partial charge in [-0.05, 0) is 41.8 Å². The van der Waals surface area contributed by atoms with E-state index in [4.69, 9.17) is 4.74 Å². The van der Waals surface area contributed by atoms with Crippen molar-refractivity contribution < 1.29 is 9.53 Å². The van der Waals surface area contributed by atoms with Crippen LogP contribution in [-0.4, -0.2) is 46.4 Å². The number of hydrogen-bond acceptors (Lipinski definition) is 4. The van der Waals surface area contributed by atoms with Crippen LogP contribution in [0.1, 0.15) is 24.0 Å². The fraction of sp³-hybridized carbons (Fsp3) is 0.400. The number of benzene rings is 1. The molecule has 0 saturated carbocycles. The van der Waals surface area contributed by atoms with E-state index in [0.717, 1.165) is 30.8 Å². The Morgan fingerprint density at radius 2 is 1.76 bits per heavy atom. The molecule has 2 fully saturated rings. The predicted molar refractivity (Wildman–Crippen MR) is 95.0 cm³/mol. The molecule has 4 rings (SSSR count). The molecule has 2 saturated heterocycles. The number of rotatable bonds is 5. The lowest BCUT2D eigenvalue weighted by Gasteiger charge is -2.25. The number of likely N-dealkylation sites (tertiary alicyclic amines) is 2. The maximum Gasteiger partial charge on any atom is 0.224 e. The summed E-state index contributed by atoms with van der Waals surface area (Å²) in [6.45, 7) is 2.63. The third-order valence-corrected chi connectivity index (χ3v) is 5.38. The summed E-state index contributed by atoms with van der Waals surface area (Å²) in [7, 11) is 1.68. The average molecular weight is 337 g/mol. The molecule has 130 valence electrons. The molecule has 25 heavy (non-hydrogen) atoms. The van der Waals surface area contributed by atoms with Crippen molar-refractivity contribution >= 4 is 5.91 Å². The van der Waals surface area contributed by atoms with Crippen LogP contribution in [0.15, 0.2) is 48.8 Å². The summed E-state index contributed by atoms with van der Waals surface area (Å²) in [4.78, 5) is 21.1. The second-order valence-electron chi connectivity index (χ2n) is 6.82. The van der Waals surface area contributed by atoms with E-state index in [1.165, 1.54) is 5.56 Å². The summed E-state index contributed by atoms with van der Waals surface area (Å²) in [5, 5.41) is 0. The number of ether oxygens (including phenoxy) is 1. The summed E-state index contributed by atoms with van der Waals surface area (Å²) in [6.07, 6.45) is 5.26. The summed E-state index contributed by atoms with van der Waals surface area (Å²) >= 11 is 0. The van der Waals surface area contributed by atoms with Crippen molar-refractivity contribution in [3.05, 3.63) is 59.9 Å². The van der Waals surface area contributed by atoms with Crippen molar-refractivity contribution in [2.75, 3.05) is 13.7 Å². The number of fused-ring (bicyclic) bond motifs is 1. The van der Waals surface area contributed by atoms with Crippen LogP contribution in [0.5, 0.6) is 5.75 Å². The van der Waals surface area contributed by atoms with E-state index in [9.17, 15) is 4.79 Å². The maximum absolute atomic E-state index is 12.5. The Balaban J connectivity index is 1.44. The second-order valence-corrected chi connectivity index (χ2v) is 6.82. The quantitative estimate of drug-likeness (QED) is 0.841. The van der Waals surface area contributed by atoms with Gasteiger partial charge in [0.1, 0.15) is 5.75 Å². The van der Waals surface area contributed by atoms with Crippen LogP contribution < -0.4 is 4.74 Å². The summed E-state index contributed by atoms with van der Waals surface area (Å²) < 4.78 is 5.22. The van der Waals surface area contributed by atoms with E-state index in [1.807, 2.05) is 24.3 Å². The van der Waals surface area contributed by atoms with Crippen LogP contribution in [0, 0.1) is 0 Å². The van der Waals surface area contributed by atoms with Gasteiger partial charge in [0.25, 0.3) is 0 Å². The highest BCUT2D eigenvalue weighted by Gasteiger charge is 2.46. The van der Waals surface area contributed by atoms with Gasteiger partial charge in [-0.3, -0.25) is 14.7 Å². The third-order valence-electron chi connectivity index (χ3n) is 5.38. The molecule has 2 aromatic rings. The highest BCUT2D eigenvalue weighted by Crippen LogP contribution is 2.34. The van der Waals surface area contributed by atoms with Crippen LogP contribution in [-0.2, 0) is 17.9 Å². The molecule has 0 aliphatic carbocycles. The minimum absolute atomic E-state index is 0.270. The molecular formula is C20H23N3O2. The monoisotopic (exact) mass is 337 g/mol. The van der Waals surface area contributed by atoms with E-state index < -0.39 is 0 Å². The molecule has 0 spiro atoms. The van der Waals surface area contributed by atoms with Crippen molar-refractivity contribution in [3.8, 4) is 5.75 Å². The van der Waals surface area contributed by atoms with E-state index in [2.05, 4.69) is 26.9 Å². The number of hydrogen-bond donors (Lipinski definition) is 0. The number of pyridine rings is 1. The highest BCUT2D eigenvalue weighted by atomic mass is 16.5. The maximum atomic E-state index is 12.5. The molecule has 0 unspecified atom stereocenters. The lowest BCUT2D eigenvalue weighted by molar-refractivity contribution is -0.129. The zero-order valence-electron chi connectivity index (χ0n) is 14.5. The number of nitrogens with zero attached hydrogens (tertiary/aromatic N) is 3. The Morgan fingerprint density at radius 3 is 2.48 bits per heavy atom. The fourth-order valence-corrected chi connectivity index (χ4v) is 4.06. The van der Waals surface area contributed by atoms with Gasteiger partial charge in [0.2, 0.25) is 5.91 Å². The first kappa shape index (κ1) is 16.1. The molecule has 2 aliphatic rings. The minimum atomic E-state index is 0.270. The third kappa shape index (κ3) is 3.24. The first-order valence-corrected chi connectivity index (χ1v) is 8.80. The van der Waals surface area contributed by atoms with Crippen molar-refractivity contribution in [2.24, 2.45) is 0 Å². The lowest BCUT2D eigenvalue weighted by atomic mass is 10.1. The minimum Gasteiger partial charge on any atom is -0.497 e. The van der Waals surface area contributed by atoms with Gasteiger partial charge in [0.05, 0.1) is 7.11 Å². The average Bonchev–Trinajstić information content (AvgIpc) is 3.17. The molecule has 3 heterocycles. The van der Waals surface area contributed by atoms with Crippen LogP contribution in [0.2, 0.25) is 0 Å². The first-order chi connectivity index (χ1) is 12.2. The molecule has 0 N–H and O–H groups in total. The van der Waals surface area contributed by atoms with E-state index in [0.29, 0.717) is 25.0 Å². The number of carbonyl (C=O) groups is 1. The van der Waals surface area contributed by atoms with Gasteiger partial charge in [-0.1, -0.05) is 12.1 Å². The molecule has 1 amide bonds. The molecule has 2 aliphatic heterocycles. The molecular weight excluding hydrogens is 314 g/mol. The van der Waals surface area contributed by atoms with Gasteiger partial charge < -0.3 is 9.64 Å². The Morgan fingerprint density at radius 1 is 1.04 bits per heavy atom. The zero-order valence-corrected chi connectivity index (χ0v) is 14.5. The number of aromatic nitrogens is 1. The molecule has 0 radical (unpaired) electrons. The van der Waals surface area contributed by atoms with Gasteiger partial charge in [0.15, 0.2) is 0 Å². The lowest BCUT2D eigenvalue weighted by Crippen LogP contribution is -2.36. The van der Waals surface area contributed by atoms with Crippen molar-refractivity contribution in [1.29, 1.82) is 0 Å². The normalized spacial score (nSPS) is 23.1. The highest BCUT2D eigenvalue weighted by molar-refractivity contribution is 5.80. The molecule has 1 aromatic carbocycles. The van der Waals surface area contributed by atoms with Crippen molar-refractivity contribution in [1.82, 2.24) is 14.8 Å². The molecule has 1 aromatic heterocycles. The predicted octanol–water partition coefficient (Wildman–Crippen LogP) is 2.47. The molecule has 2 atom stereocenters. The van der Waals surface area contributed by atoms with Crippen molar-refractivity contribution in [3.63, 3.8) is 0 Å².